The molecule has 7 heteroatoms. The summed E-state index contributed by atoms with van der Waals surface area (Å²) in [5.41, 5.74) is 1.25. The summed E-state index contributed by atoms with van der Waals surface area (Å²) < 4.78 is 4.62. The summed E-state index contributed by atoms with van der Waals surface area (Å²) in [6, 6.07) is 9.55. The largest absolute Gasteiger partial charge is 0.465 e. The highest BCUT2D eigenvalue weighted by Crippen LogP contribution is 2.06. The molecular formula is C15H15N3O4. The van der Waals surface area contributed by atoms with Gasteiger partial charge in [-0.25, -0.2) is 9.89 Å². The predicted molar refractivity (Wildman–Crippen MR) is 78.7 cm³/mol. The monoisotopic (exact) mass is 301 g/mol. The lowest BCUT2D eigenvalue weighted by molar-refractivity contribution is 0.0600. The van der Waals surface area contributed by atoms with Crippen LogP contribution >= 0.6 is 0 Å². The summed E-state index contributed by atoms with van der Waals surface area (Å²) in [4.78, 5) is 33.9. The highest BCUT2D eigenvalue weighted by atomic mass is 16.5. The summed E-state index contributed by atoms with van der Waals surface area (Å²) in [6.45, 7) is 0.414. The van der Waals surface area contributed by atoms with E-state index in [4.69, 9.17) is 0 Å². The van der Waals surface area contributed by atoms with E-state index in [9.17, 15) is 14.4 Å². The minimum absolute atomic E-state index is 0.153. The average molecular weight is 301 g/mol. The van der Waals surface area contributed by atoms with E-state index in [1.807, 2.05) is 0 Å². The zero-order valence-corrected chi connectivity index (χ0v) is 12.0. The quantitative estimate of drug-likeness (QED) is 0.784. The number of amides is 1. The molecule has 1 aromatic carbocycles. The molecule has 0 aliphatic carbocycles. The van der Waals surface area contributed by atoms with Crippen molar-refractivity contribution in [2.24, 2.45) is 0 Å². The standard InChI is InChI=1S/C15H15N3O4/c1-22-15(21)11-4-2-10(3-5-11)8-9-16-14(20)12-6-7-13(19)18-17-12/h2-7H,8-9H2,1H3,(H,16,20)(H,18,19). The maximum atomic E-state index is 11.8. The first-order valence-corrected chi connectivity index (χ1v) is 6.61. The molecule has 0 spiro atoms. The Balaban J connectivity index is 1.85. The van der Waals surface area contributed by atoms with Gasteiger partial charge in [0.1, 0.15) is 5.69 Å². The van der Waals surface area contributed by atoms with Crippen LogP contribution in [-0.2, 0) is 11.2 Å². The van der Waals surface area contributed by atoms with Crippen LogP contribution in [0.3, 0.4) is 0 Å². The van der Waals surface area contributed by atoms with Crippen molar-refractivity contribution in [1.29, 1.82) is 0 Å². The zero-order chi connectivity index (χ0) is 15.9. The molecule has 0 saturated carbocycles. The van der Waals surface area contributed by atoms with Crippen LogP contribution in [0, 0.1) is 0 Å². The molecule has 0 aliphatic rings. The summed E-state index contributed by atoms with van der Waals surface area (Å²) in [5.74, 6) is -0.744. The number of carbonyl (C=O) groups excluding carboxylic acids is 2. The molecule has 0 atom stereocenters. The minimum Gasteiger partial charge on any atom is -0.465 e. The number of carbonyl (C=O) groups is 2. The molecule has 1 aromatic heterocycles. The van der Waals surface area contributed by atoms with Gasteiger partial charge in [-0.3, -0.25) is 9.59 Å². The van der Waals surface area contributed by atoms with Crippen LogP contribution in [0.2, 0.25) is 0 Å². The van der Waals surface area contributed by atoms with Gasteiger partial charge in [0.25, 0.3) is 11.5 Å². The number of nitrogens with zero attached hydrogens (tertiary/aromatic N) is 1. The summed E-state index contributed by atoms with van der Waals surface area (Å²) in [7, 11) is 1.33. The summed E-state index contributed by atoms with van der Waals surface area (Å²) in [5, 5.41) is 8.54. The molecule has 22 heavy (non-hydrogen) atoms. The van der Waals surface area contributed by atoms with Crippen LogP contribution in [0.15, 0.2) is 41.2 Å². The average Bonchev–Trinajstić information content (AvgIpc) is 2.55. The molecule has 2 N–H and O–H groups in total. The van der Waals surface area contributed by atoms with E-state index in [-0.39, 0.29) is 23.1 Å². The normalized spacial score (nSPS) is 10.0. The van der Waals surface area contributed by atoms with Gasteiger partial charge in [-0.2, -0.15) is 5.10 Å². The minimum atomic E-state index is -0.385. The fraction of sp³-hybridized carbons (Fsp3) is 0.200. The van der Waals surface area contributed by atoms with Gasteiger partial charge in [-0.05, 0) is 30.2 Å². The first-order chi connectivity index (χ1) is 10.6. The van der Waals surface area contributed by atoms with Crippen LogP contribution < -0.4 is 10.9 Å². The van der Waals surface area contributed by atoms with Crippen molar-refractivity contribution in [2.75, 3.05) is 13.7 Å². The lowest BCUT2D eigenvalue weighted by Crippen LogP contribution is -2.27. The molecule has 0 fully saturated rings. The molecule has 0 aliphatic heterocycles. The van der Waals surface area contributed by atoms with Crippen molar-refractivity contribution >= 4 is 11.9 Å². The number of benzene rings is 1. The van der Waals surface area contributed by atoms with Gasteiger partial charge >= 0.3 is 5.97 Å². The van der Waals surface area contributed by atoms with E-state index in [0.29, 0.717) is 18.5 Å². The van der Waals surface area contributed by atoms with Crippen molar-refractivity contribution in [3.8, 4) is 0 Å². The summed E-state index contributed by atoms with van der Waals surface area (Å²) in [6.07, 6.45) is 0.608. The van der Waals surface area contributed by atoms with Crippen molar-refractivity contribution in [3.63, 3.8) is 0 Å². The molecule has 0 unspecified atom stereocenters. The van der Waals surface area contributed by atoms with Gasteiger partial charge in [0.05, 0.1) is 12.7 Å². The van der Waals surface area contributed by atoms with E-state index >= 15 is 0 Å². The van der Waals surface area contributed by atoms with Gasteiger partial charge < -0.3 is 10.1 Å². The first-order valence-electron chi connectivity index (χ1n) is 6.61. The Morgan fingerprint density at radius 3 is 2.50 bits per heavy atom. The molecule has 1 heterocycles. The number of aromatic amines is 1. The molecule has 114 valence electrons. The van der Waals surface area contributed by atoms with Crippen LogP contribution in [0.25, 0.3) is 0 Å². The Hall–Kier alpha value is -2.96. The molecule has 0 radical (unpaired) electrons. The second kappa shape index (κ2) is 7.16. The molecule has 7 nitrogen and oxygen atoms in total. The number of nitrogens with one attached hydrogen (secondary N) is 2. The molecule has 0 bridgehead atoms. The fourth-order valence-corrected chi connectivity index (χ4v) is 1.81. The molecular weight excluding hydrogens is 286 g/mol. The Morgan fingerprint density at radius 1 is 1.18 bits per heavy atom. The predicted octanol–water partition coefficient (Wildman–Crippen LogP) is 0.529. The van der Waals surface area contributed by atoms with Gasteiger partial charge in [-0.1, -0.05) is 12.1 Å². The van der Waals surface area contributed by atoms with Gasteiger partial charge in [0.2, 0.25) is 0 Å². The Bertz CT molecular complexity index is 702. The SMILES string of the molecule is COC(=O)c1ccc(CCNC(=O)c2ccc(=O)[nH]n2)cc1. The number of H-pyrrole nitrogens is 1. The smallest absolute Gasteiger partial charge is 0.337 e. The van der Waals surface area contributed by atoms with E-state index in [1.165, 1.54) is 19.2 Å². The Morgan fingerprint density at radius 2 is 1.91 bits per heavy atom. The molecule has 2 rings (SSSR count). The van der Waals surface area contributed by atoms with Crippen molar-refractivity contribution in [3.05, 3.63) is 63.6 Å². The van der Waals surface area contributed by atoms with Crippen LogP contribution in [-0.4, -0.2) is 35.7 Å². The van der Waals surface area contributed by atoms with Crippen LogP contribution in [0.1, 0.15) is 26.4 Å². The topological polar surface area (TPSA) is 101 Å². The Labute approximate surface area is 126 Å². The van der Waals surface area contributed by atoms with E-state index in [0.717, 1.165) is 5.56 Å². The van der Waals surface area contributed by atoms with Gasteiger partial charge in [0, 0.05) is 12.6 Å². The van der Waals surface area contributed by atoms with Gasteiger partial charge in [-0.15, -0.1) is 0 Å². The number of hydrogen-bond donors (Lipinski definition) is 2. The molecule has 2 aromatic rings. The van der Waals surface area contributed by atoms with Gasteiger partial charge in [0.15, 0.2) is 0 Å². The second-order valence-corrected chi connectivity index (χ2v) is 4.50. The number of aromatic nitrogens is 2. The third-order valence-corrected chi connectivity index (χ3v) is 2.99. The fourth-order valence-electron chi connectivity index (χ4n) is 1.81. The number of ether oxygens (including phenoxy) is 1. The number of rotatable bonds is 5. The maximum Gasteiger partial charge on any atom is 0.337 e. The first kappa shape index (κ1) is 15.4. The third kappa shape index (κ3) is 4.02. The van der Waals surface area contributed by atoms with Crippen molar-refractivity contribution in [1.82, 2.24) is 15.5 Å². The number of methoxy groups -OCH3 is 1. The number of esters is 1. The second-order valence-electron chi connectivity index (χ2n) is 4.50. The molecule has 1 amide bonds. The van der Waals surface area contributed by atoms with Crippen molar-refractivity contribution < 1.29 is 14.3 Å². The van der Waals surface area contributed by atoms with Crippen LogP contribution in [0.5, 0.6) is 0 Å². The summed E-state index contributed by atoms with van der Waals surface area (Å²) >= 11 is 0. The zero-order valence-electron chi connectivity index (χ0n) is 12.0. The highest BCUT2D eigenvalue weighted by Gasteiger charge is 2.07. The van der Waals surface area contributed by atoms with Crippen LogP contribution in [0.4, 0.5) is 0 Å². The lowest BCUT2D eigenvalue weighted by atomic mass is 10.1. The third-order valence-electron chi connectivity index (χ3n) is 2.99. The van der Waals surface area contributed by atoms with Crippen molar-refractivity contribution in [2.45, 2.75) is 6.42 Å². The Kier molecular flexibility index (Phi) is 5.02. The van der Waals surface area contributed by atoms with E-state index in [2.05, 4.69) is 20.3 Å². The molecule has 0 saturated heterocycles. The number of hydrogen-bond acceptors (Lipinski definition) is 5. The maximum absolute atomic E-state index is 11.8. The lowest BCUT2D eigenvalue weighted by Gasteiger charge is -2.05. The van der Waals surface area contributed by atoms with E-state index in [1.54, 1.807) is 24.3 Å². The van der Waals surface area contributed by atoms with E-state index < -0.39 is 0 Å². The highest BCUT2D eigenvalue weighted by molar-refractivity contribution is 5.92.